The van der Waals surface area contributed by atoms with Gasteiger partial charge < -0.3 is 10.1 Å². The largest absolute Gasteiger partial charge is 0.393 e. The number of rotatable bonds is 4. The van der Waals surface area contributed by atoms with Crippen LogP contribution in [-0.4, -0.2) is 14.4 Å². The lowest BCUT2D eigenvalue weighted by atomic mass is 10.0. The Morgan fingerprint density at radius 3 is 2.59 bits per heavy atom. The van der Waals surface area contributed by atoms with Crippen LogP contribution in [0.1, 0.15) is 31.0 Å². The Bertz CT molecular complexity index is 818. The SMILES string of the molecule is CCc1ccc(-c2nc3ccccn3c2C(C)C(N)=S)cc1. The molecule has 1 unspecified atom stereocenters. The van der Waals surface area contributed by atoms with Gasteiger partial charge in [0.25, 0.3) is 0 Å². The van der Waals surface area contributed by atoms with Crippen LogP contribution in [0.25, 0.3) is 16.9 Å². The summed E-state index contributed by atoms with van der Waals surface area (Å²) in [4.78, 5) is 5.27. The first-order chi connectivity index (χ1) is 10.6. The lowest BCUT2D eigenvalue weighted by Gasteiger charge is -2.12. The third-order valence-electron chi connectivity index (χ3n) is 4.04. The molecule has 0 radical (unpaired) electrons. The second-order valence-corrected chi connectivity index (χ2v) is 5.92. The minimum absolute atomic E-state index is 0.0340. The van der Waals surface area contributed by atoms with Gasteiger partial charge in [-0.2, -0.15) is 0 Å². The fourth-order valence-corrected chi connectivity index (χ4v) is 2.79. The van der Waals surface area contributed by atoms with Crippen molar-refractivity contribution in [1.82, 2.24) is 9.38 Å². The number of aromatic nitrogens is 2. The van der Waals surface area contributed by atoms with E-state index in [4.69, 9.17) is 22.9 Å². The van der Waals surface area contributed by atoms with E-state index in [2.05, 4.69) is 35.6 Å². The Morgan fingerprint density at radius 2 is 1.95 bits per heavy atom. The van der Waals surface area contributed by atoms with Crippen LogP contribution in [0, 0.1) is 0 Å². The molecule has 0 bridgehead atoms. The summed E-state index contributed by atoms with van der Waals surface area (Å²) < 4.78 is 2.08. The molecule has 0 saturated heterocycles. The minimum Gasteiger partial charge on any atom is -0.393 e. The highest BCUT2D eigenvalue weighted by molar-refractivity contribution is 7.80. The van der Waals surface area contributed by atoms with Gasteiger partial charge in [0.15, 0.2) is 0 Å². The molecule has 0 aliphatic rings. The van der Waals surface area contributed by atoms with E-state index in [0.717, 1.165) is 29.0 Å². The van der Waals surface area contributed by atoms with Crippen molar-refractivity contribution in [3.8, 4) is 11.3 Å². The maximum absolute atomic E-state index is 5.90. The lowest BCUT2D eigenvalue weighted by molar-refractivity contribution is 0.930. The Kier molecular flexibility index (Phi) is 3.94. The lowest BCUT2D eigenvalue weighted by Crippen LogP contribution is -2.18. The predicted molar refractivity (Wildman–Crippen MR) is 95.2 cm³/mol. The molecule has 4 heteroatoms. The molecular weight excluding hydrogens is 290 g/mol. The van der Waals surface area contributed by atoms with Crippen molar-refractivity contribution in [1.29, 1.82) is 0 Å². The summed E-state index contributed by atoms with van der Waals surface area (Å²) in [7, 11) is 0. The van der Waals surface area contributed by atoms with E-state index in [1.165, 1.54) is 5.56 Å². The number of hydrogen-bond acceptors (Lipinski definition) is 2. The topological polar surface area (TPSA) is 43.3 Å². The molecule has 3 nitrogen and oxygen atoms in total. The first kappa shape index (κ1) is 14.7. The Labute approximate surface area is 135 Å². The number of imidazole rings is 1. The summed E-state index contributed by atoms with van der Waals surface area (Å²) in [6, 6.07) is 14.5. The summed E-state index contributed by atoms with van der Waals surface area (Å²) >= 11 is 5.21. The fraction of sp³-hybridized carbons (Fsp3) is 0.222. The van der Waals surface area contributed by atoms with Crippen LogP contribution >= 0.6 is 12.2 Å². The number of nitrogens with zero attached hydrogens (tertiary/aromatic N) is 2. The Balaban J connectivity index is 2.23. The van der Waals surface area contributed by atoms with Gasteiger partial charge in [0, 0.05) is 17.7 Å². The molecule has 0 spiro atoms. The van der Waals surface area contributed by atoms with E-state index < -0.39 is 0 Å². The molecule has 0 amide bonds. The molecule has 1 atom stereocenters. The number of pyridine rings is 1. The summed E-state index contributed by atoms with van der Waals surface area (Å²) in [5.74, 6) is -0.0340. The van der Waals surface area contributed by atoms with E-state index in [1.54, 1.807) is 0 Å². The van der Waals surface area contributed by atoms with Gasteiger partial charge in [0.05, 0.1) is 16.4 Å². The summed E-state index contributed by atoms with van der Waals surface area (Å²) in [5, 5.41) is 0. The molecule has 0 saturated carbocycles. The standard InChI is InChI=1S/C18H19N3S/c1-3-13-7-9-14(10-8-13)16-17(12(2)18(19)22)21-11-5-4-6-15(21)20-16/h4-12H,3H2,1-2H3,(H2,19,22). The predicted octanol–water partition coefficient (Wildman–Crippen LogP) is 3.95. The molecule has 3 rings (SSSR count). The van der Waals surface area contributed by atoms with Crippen molar-refractivity contribution in [2.75, 3.05) is 0 Å². The maximum atomic E-state index is 5.90. The molecule has 3 aromatic rings. The van der Waals surface area contributed by atoms with Crippen molar-refractivity contribution < 1.29 is 0 Å². The molecule has 0 aliphatic heterocycles. The van der Waals surface area contributed by atoms with Gasteiger partial charge in [-0.25, -0.2) is 4.98 Å². The van der Waals surface area contributed by atoms with Crippen molar-refractivity contribution in [3.63, 3.8) is 0 Å². The zero-order chi connectivity index (χ0) is 15.7. The summed E-state index contributed by atoms with van der Waals surface area (Å²) in [6.07, 6.45) is 3.04. The zero-order valence-corrected chi connectivity index (χ0v) is 13.6. The normalized spacial score (nSPS) is 12.5. The van der Waals surface area contributed by atoms with Gasteiger partial charge in [-0.15, -0.1) is 0 Å². The Morgan fingerprint density at radius 1 is 1.23 bits per heavy atom. The molecule has 2 aromatic heterocycles. The number of thiocarbonyl (C=S) groups is 1. The number of aryl methyl sites for hydroxylation is 1. The highest BCUT2D eigenvalue weighted by Crippen LogP contribution is 2.30. The van der Waals surface area contributed by atoms with E-state index in [-0.39, 0.29) is 5.92 Å². The van der Waals surface area contributed by atoms with Gasteiger partial charge in [0.2, 0.25) is 0 Å². The number of benzene rings is 1. The average molecular weight is 309 g/mol. The molecule has 0 aliphatic carbocycles. The summed E-state index contributed by atoms with van der Waals surface area (Å²) in [6.45, 7) is 4.18. The van der Waals surface area contributed by atoms with Crippen LogP contribution in [0.15, 0.2) is 48.7 Å². The molecule has 0 fully saturated rings. The highest BCUT2D eigenvalue weighted by atomic mass is 32.1. The zero-order valence-electron chi connectivity index (χ0n) is 12.8. The van der Waals surface area contributed by atoms with E-state index in [0.29, 0.717) is 4.99 Å². The van der Waals surface area contributed by atoms with Crippen molar-refractivity contribution >= 4 is 22.9 Å². The van der Waals surface area contributed by atoms with Crippen molar-refractivity contribution in [2.24, 2.45) is 5.73 Å². The van der Waals surface area contributed by atoms with Gasteiger partial charge >= 0.3 is 0 Å². The maximum Gasteiger partial charge on any atom is 0.137 e. The van der Waals surface area contributed by atoms with Crippen LogP contribution in [0.2, 0.25) is 0 Å². The monoisotopic (exact) mass is 309 g/mol. The minimum atomic E-state index is -0.0340. The van der Waals surface area contributed by atoms with Crippen LogP contribution in [0.4, 0.5) is 0 Å². The number of fused-ring (bicyclic) bond motifs is 1. The van der Waals surface area contributed by atoms with Crippen molar-refractivity contribution in [3.05, 3.63) is 59.9 Å². The first-order valence-electron chi connectivity index (χ1n) is 7.47. The Hall–Kier alpha value is -2.20. The molecular formula is C18H19N3S. The first-order valence-corrected chi connectivity index (χ1v) is 7.88. The highest BCUT2D eigenvalue weighted by Gasteiger charge is 2.20. The van der Waals surface area contributed by atoms with Crippen LogP contribution in [0.3, 0.4) is 0 Å². The van der Waals surface area contributed by atoms with Crippen LogP contribution in [-0.2, 0) is 6.42 Å². The number of hydrogen-bond donors (Lipinski definition) is 1. The summed E-state index contributed by atoms with van der Waals surface area (Å²) in [5.41, 5.74) is 11.2. The molecule has 2 heterocycles. The van der Waals surface area contributed by atoms with E-state index in [9.17, 15) is 0 Å². The number of nitrogens with two attached hydrogens (primary N) is 1. The van der Waals surface area contributed by atoms with Gasteiger partial charge in [-0.05, 0) is 24.1 Å². The molecule has 2 N–H and O–H groups in total. The third kappa shape index (κ3) is 2.50. The third-order valence-corrected chi connectivity index (χ3v) is 4.39. The van der Waals surface area contributed by atoms with Gasteiger partial charge in [-0.3, -0.25) is 0 Å². The van der Waals surface area contributed by atoms with Crippen molar-refractivity contribution in [2.45, 2.75) is 26.2 Å². The van der Waals surface area contributed by atoms with Crippen LogP contribution < -0.4 is 5.73 Å². The van der Waals surface area contributed by atoms with Gasteiger partial charge in [-0.1, -0.05) is 56.4 Å². The van der Waals surface area contributed by atoms with E-state index in [1.807, 2.05) is 31.3 Å². The van der Waals surface area contributed by atoms with E-state index >= 15 is 0 Å². The van der Waals surface area contributed by atoms with Gasteiger partial charge in [0.1, 0.15) is 5.65 Å². The average Bonchev–Trinajstić information content (AvgIpc) is 2.93. The molecule has 112 valence electrons. The second kappa shape index (κ2) is 5.89. The molecule has 1 aromatic carbocycles. The molecule has 22 heavy (non-hydrogen) atoms. The quantitative estimate of drug-likeness (QED) is 0.742. The van der Waals surface area contributed by atoms with Crippen LogP contribution in [0.5, 0.6) is 0 Å². The fourth-order valence-electron chi connectivity index (χ4n) is 2.67. The second-order valence-electron chi connectivity index (χ2n) is 5.45. The smallest absolute Gasteiger partial charge is 0.137 e.